The normalized spacial score (nSPS) is 13.4. The Morgan fingerprint density at radius 3 is 2.84 bits per heavy atom. The molecule has 0 spiro atoms. The number of anilines is 1. The second-order valence-corrected chi connectivity index (χ2v) is 5.24. The minimum absolute atomic E-state index is 0. The summed E-state index contributed by atoms with van der Waals surface area (Å²) in [6, 6.07) is 9.30. The molecule has 0 saturated heterocycles. The molecule has 0 atom stereocenters. The predicted octanol–water partition coefficient (Wildman–Crippen LogP) is 2.80. The number of halogens is 1. The van der Waals surface area contributed by atoms with Gasteiger partial charge in [-0.3, -0.25) is 0 Å². The molecular weight excluding hydrogens is 435 g/mol. The number of ether oxygens (including phenoxy) is 3. The van der Waals surface area contributed by atoms with Crippen molar-refractivity contribution in [1.29, 1.82) is 0 Å². The van der Waals surface area contributed by atoms with E-state index in [4.69, 9.17) is 19.9 Å². The van der Waals surface area contributed by atoms with E-state index in [2.05, 4.69) is 15.3 Å². The van der Waals surface area contributed by atoms with Crippen molar-refractivity contribution in [3.63, 3.8) is 0 Å². The summed E-state index contributed by atoms with van der Waals surface area (Å²) < 4.78 is 16.4. The smallest absolute Gasteiger partial charge is 0.213 e. The van der Waals surface area contributed by atoms with Gasteiger partial charge in [0.05, 0.1) is 26.9 Å². The van der Waals surface area contributed by atoms with Crippen LogP contribution in [0.4, 0.5) is 5.69 Å². The molecule has 0 aliphatic carbocycles. The summed E-state index contributed by atoms with van der Waals surface area (Å²) in [6.07, 6.45) is 2.55. The van der Waals surface area contributed by atoms with Crippen LogP contribution in [-0.4, -0.2) is 31.3 Å². The molecular formula is C17H21IN4O3. The first-order chi connectivity index (χ1) is 11.7. The lowest BCUT2D eigenvalue weighted by Gasteiger charge is -2.10. The van der Waals surface area contributed by atoms with Crippen LogP contribution in [0.2, 0.25) is 0 Å². The zero-order valence-electron chi connectivity index (χ0n) is 13.9. The Balaban J connectivity index is 0.00000225. The molecule has 0 radical (unpaired) electrons. The maximum absolute atomic E-state index is 5.95. The Hall–Kier alpha value is -2.23. The third-order valence-electron chi connectivity index (χ3n) is 3.46. The van der Waals surface area contributed by atoms with Crippen molar-refractivity contribution in [2.75, 3.05) is 25.6 Å². The van der Waals surface area contributed by atoms with Gasteiger partial charge in [0.25, 0.3) is 0 Å². The zero-order chi connectivity index (χ0) is 16.8. The number of methoxy groups -OCH3 is 1. The Morgan fingerprint density at radius 2 is 2.04 bits per heavy atom. The van der Waals surface area contributed by atoms with E-state index in [0.717, 1.165) is 23.4 Å². The number of guanidine groups is 1. The molecule has 1 aromatic heterocycles. The number of hydrogen-bond donors (Lipinski definition) is 2. The summed E-state index contributed by atoms with van der Waals surface area (Å²) in [5.74, 6) is 2.33. The number of rotatable bonds is 4. The number of nitrogens with two attached hydrogens (primary N) is 1. The lowest BCUT2D eigenvalue weighted by molar-refractivity contribution is 0.297. The molecule has 0 bridgehead atoms. The SMILES string of the molecule is COc1cc(CN=C(N)Nc2ccc3c(c2)OCCCO3)ccn1.I. The quantitative estimate of drug-likeness (QED) is 0.418. The molecule has 0 amide bonds. The summed E-state index contributed by atoms with van der Waals surface area (Å²) in [7, 11) is 1.58. The van der Waals surface area contributed by atoms with Crippen molar-refractivity contribution < 1.29 is 14.2 Å². The number of aromatic nitrogens is 1. The third-order valence-corrected chi connectivity index (χ3v) is 3.46. The van der Waals surface area contributed by atoms with Crippen molar-refractivity contribution in [2.45, 2.75) is 13.0 Å². The van der Waals surface area contributed by atoms with Crippen LogP contribution in [-0.2, 0) is 6.54 Å². The fraction of sp³-hybridized carbons (Fsp3) is 0.294. The van der Waals surface area contributed by atoms with Crippen LogP contribution in [0.5, 0.6) is 17.4 Å². The monoisotopic (exact) mass is 456 g/mol. The molecule has 1 aliphatic rings. The molecule has 3 rings (SSSR count). The van der Waals surface area contributed by atoms with E-state index < -0.39 is 0 Å². The van der Waals surface area contributed by atoms with Gasteiger partial charge < -0.3 is 25.3 Å². The Labute approximate surface area is 163 Å². The topological polar surface area (TPSA) is 91.0 Å². The second kappa shape index (κ2) is 9.30. The molecule has 2 aromatic rings. The number of nitrogens with zero attached hydrogens (tertiary/aromatic N) is 2. The van der Waals surface area contributed by atoms with Gasteiger partial charge in [0.2, 0.25) is 5.88 Å². The van der Waals surface area contributed by atoms with Gasteiger partial charge in [0, 0.05) is 30.4 Å². The van der Waals surface area contributed by atoms with E-state index in [9.17, 15) is 0 Å². The van der Waals surface area contributed by atoms with Crippen molar-refractivity contribution in [3.8, 4) is 17.4 Å². The molecule has 25 heavy (non-hydrogen) atoms. The average Bonchev–Trinajstić information content (AvgIpc) is 2.85. The highest BCUT2D eigenvalue weighted by atomic mass is 127. The number of nitrogens with one attached hydrogen (secondary N) is 1. The van der Waals surface area contributed by atoms with E-state index in [1.165, 1.54) is 0 Å². The summed E-state index contributed by atoms with van der Waals surface area (Å²) in [5, 5.41) is 3.06. The number of benzene rings is 1. The lowest BCUT2D eigenvalue weighted by Crippen LogP contribution is -2.22. The molecule has 7 nitrogen and oxygen atoms in total. The minimum atomic E-state index is 0. The molecule has 0 saturated carbocycles. The number of fused-ring (bicyclic) bond motifs is 1. The highest BCUT2D eigenvalue weighted by Gasteiger charge is 2.10. The van der Waals surface area contributed by atoms with Crippen molar-refractivity contribution in [3.05, 3.63) is 42.1 Å². The molecule has 1 aliphatic heterocycles. The Bertz CT molecular complexity index is 740. The number of aliphatic imine (C=N–C) groups is 1. The fourth-order valence-electron chi connectivity index (χ4n) is 2.27. The van der Waals surface area contributed by atoms with Crippen molar-refractivity contribution in [1.82, 2.24) is 4.98 Å². The van der Waals surface area contributed by atoms with Crippen LogP contribution >= 0.6 is 24.0 Å². The average molecular weight is 456 g/mol. The fourth-order valence-corrected chi connectivity index (χ4v) is 2.27. The molecule has 134 valence electrons. The first-order valence-corrected chi connectivity index (χ1v) is 7.70. The molecule has 0 unspecified atom stereocenters. The van der Waals surface area contributed by atoms with E-state index in [1.54, 1.807) is 13.3 Å². The van der Waals surface area contributed by atoms with Crippen LogP contribution in [0.15, 0.2) is 41.5 Å². The first kappa shape index (κ1) is 19.1. The van der Waals surface area contributed by atoms with Crippen LogP contribution in [0, 0.1) is 0 Å². The minimum Gasteiger partial charge on any atom is -0.490 e. The van der Waals surface area contributed by atoms with Gasteiger partial charge in [-0.25, -0.2) is 9.98 Å². The first-order valence-electron chi connectivity index (χ1n) is 7.70. The van der Waals surface area contributed by atoms with Crippen molar-refractivity contribution >= 4 is 35.6 Å². The summed E-state index contributed by atoms with van der Waals surface area (Å²) in [6.45, 7) is 1.74. The standard InChI is InChI=1S/C17H20N4O3.HI/c1-22-16-9-12(5-6-19-16)11-20-17(18)21-13-3-4-14-15(10-13)24-8-2-7-23-14;/h3-6,9-10H,2,7-8,11H2,1H3,(H3,18,20,21);1H. The van der Waals surface area contributed by atoms with E-state index in [1.807, 2.05) is 30.3 Å². The van der Waals surface area contributed by atoms with Crippen LogP contribution < -0.4 is 25.3 Å². The molecule has 2 heterocycles. The molecule has 8 heteroatoms. The maximum atomic E-state index is 5.95. The summed E-state index contributed by atoms with van der Waals surface area (Å²) in [5.41, 5.74) is 7.71. The zero-order valence-corrected chi connectivity index (χ0v) is 16.2. The Morgan fingerprint density at radius 1 is 1.24 bits per heavy atom. The Kier molecular flexibility index (Phi) is 7.11. The highest BCUT2D eigenvalue weighted by molar-refractivity contribution is 14.0. The molecule has 1 aromatic carbocycles. The molecule has 0 fully saturated rings. The van der Waals surface area contributed by atoms with Crippen molar-refractivity contribution in [2.24, 2.45) is 10.7 Å². The van der Waals surface area contributed by atoms with E-state index >= 15 is 0 Å². The van der Waals surface area contributed by atoms with Gasteiger partial charge in [0.1, 0.15) is 0 Å². The van der Waals surface area contributed by atoms with Gasteiger partial charge in [-0.15, -0.1) is 24.0 Å². The van der Waals surface area contributed by atoms with Gasteiger partial charge >= 0.3 is 0 Å². The largest absolute Gasteiger partial charge is 0.490 e. The van der Waals surface area contributed by atoms with E-state index in [-0.39, 0.29) is 24.0 Å². The van der Waals surface area contributed by atoms with E-state index in [0.29, 0.717) is 37.3 Å². The lowest BCUT2D eigenvalue weighted by atomic mass is 10.2. The highest BCUT2D eigenvalue weighted by Crippen LogP contribution is 2.32. The summed E-state index contributed by atoms with van der Waals surface area (Å²) >= 11 is 0. The van der Waals surface area contributed by atoms with Gasteiger partial charge in [-0.05, 0) is 23.8 Å². The van der Waals surface area contributed by atoms with Crippen LogP contribution in [0.25, 0.3) is 0 Å². The third kappa shape index (κ3) is 5.38. The number of hydrogen-bond acceptors (Lipinski definition) is 5. The van der Waals surface area contributed by atoms with Crippen LogP contribution in [0.3, 0.4) is 0 Å². The second-order valence-electron chi connectivity index (χ2n) is 5.24. The maximum Gasteiger partial charge on any atom is 0.213 e. The van der Waals surface area contributed by atoms with Crippen LogP contribution in [0.1, 0.15) is 12.0 Å². The van der Waals surface area contributed by atoms with Gasteiger partial charge in [-0.2, -0.15) is 0 Å². The van der Waals surface area contributed by atoms with Gasteiger partial charge in [0.15, 0.2) is 17.5 Å². The molecule has 3 N–H and O–H groups in total. The predicted molar refractivity (Wildman–Crippen MR) is 107 cm³/mol. The number of pyridine rings is 1. The summed E-state index contributed by atoms with van der Waals surface area (Å²) in [4.78, 5) is 8.38. The van der Waals surface area contributed by atoms with Gasteiger partial charge in [-0.1, -0.05) is 0 Å².